The number of aromatic nitrogens is 4. The normalized spacial score (nSPS) is 11.0. The van der Waals surface area contributed by atoms with Crippen LogP contribution in [0.3, 0.4) is 0 Å². The van der Waals surface area contributed by atoms with Crippen molar-refractivity contribution in [3.63, 3.8) is 0 Å². The number of hydrogen-bond acceptors (Lipinski definition) is 8. The van der Waals surface area contributed by atoms with E-state index in [4.69, 9.17) is 4.52 Å². The van der Waals surface area contributed by atoms with E-state index in [1.165, 1.54) is 16.9 Å². The molecule has 5 rings (SSSR count). The molecular weight excluding hydrogens is 442 g/mol. The Morgan fingerprint density at radius 2 is 1.81 bits per heavy atom. The van der Waals surface area contributed by atoms with Crippen LogP contribution in [-0.4, -0.2) is 26.2 Å². The number of carbonyl (C=O) groups excluding carboxylic acids is 1. The first-order valence-electron chi connectivity index (χ1n) is 9.81. The van der Waals surface area contributed by atoms with Gasteiger partial charge in [-0.3, -0.25) is 10.1 Å². The quantitative estimate of drug-likeness (QED) is 0.261. The van der Waals surface area contributed by atoms with E-state index in [1.54, 1.807) is 24.8 Å². The van der Waals surface area contributed by atoms with E-state index < -0.39 is 0 Å². The number of aryl methyl sites for hydroxylation is 1. The molecule has 0 atom stereocenters. The fraction of sp³-hybridized carbons (Fsp3) is 0.0870. The molecule has 0 unspecified atom stereocenters. The largest absolute Gasteiger partial charge is 0.335 e. The molecule has 32 heavy (non-hydrogen) atoms. The van der Waals surface area contributed by atoms with Gasteiger partial charge < -0.3 is 4.52 Å². The predicted molar refractivity (Wildman–Crippen MR) is 126 cm³/mol. The highest BCUT2D eigenvalue weighted by molar-refractivity contribution is 8.00. The number of fused-ring (bicyclic) bond motifs is 1. The average molecular weight is 460 g/mol. The molecule has 0 bridgehead atoms. The van der Waals surface area contributed by atoms with E-state index in [9.17, 15) is 4.79 Å². The van der Waals surface area contributed by atoms with Crippen molar-refractivity contribution < 1.29 is 9.32 Å². The zero-order valence-electron chi connectivity index (χ0n) is 17.0. The summed E-state index contributed by atoms with van der Waals surface area (Å²) in [6, 6.07) is 21.5. The van der Waals surface area contributed by atoms with Crippen molar-refractivity contribution in [1.29, 1.82) is 0 Å². The van der Waals surface area contributed by atoms with Gasteiger partial charge in [0.1, 0.15) is 0 Å². The van der Waals surface area contributed by atoms with Gasteiger partial charge in [0.25, 0.3) is 11.6 Å². The van der Waals surface area contributed by atoms with Gasteiger partial charge in [-0.25, -0.2) is 4.98 Å². The number of nitrogens with zero attached hydrogens (tertiary/aromatic N) is 4. The highest BCUT2D eigenvalue weighted by atomic mass is 32.2. The molecule has 1 N–H and O–H groups in total. The summed E-state index contributed by atoms with van der Waals surface area (Å²) < 4.78 is 6.15. The predicted octanol–water partition coefficient (Wildman–Crippen LogP) is 5.59. The second kappa shape index (κ2) is 8.89. The number of thioether (sulfide) groups is 1. The summed E-state index contributed by atoms with van der Waals surface area (Å²) >= 11 is 2.92. The number of pyridine rings is 1. The summed E-state index contributed by atoms with van der Waals surface area (Å²) in [5, 5.41) is 16.2. The fourth-order valence-corrected chi connectivity index (χ4v) is 4.94. The van der Waals surface area contributed by atoms with Crippen LogP contribution in [0, 0.1) is 6.92 Å². The van der Waals surface area contributed by atoms with Gasteiger partial charge in [-0.05, 0) is 18.6 Å². The number of benzene rings is 2. The summed E-state index contributed by atoms with van der Waals surface area (Å²) in [6.45, 7) is 1.79. The minimum atomic E-state index is -0.309. The van der Waals surface area contributed by atoms with Crippen LogP contribution in [0.15, 0.2) is 75.6 Å². The molecule has 3 aromatic heterocycles. The molecule has 9 heteroatoms. The monoisotopic (exact) mass is 459 g/mol. The summed E-state index contributed by atoms with van der Waals surface area (Å²) in [4.78, 5) is 17.7. The first kappa shape index (κ1) is 20.3. The van der Waals surface area contributed by atoms with Crippen LogP contribution in [0.5, 0.6) is 0 Å². The lowest BCUT2D eigenvalue weighted by atomic mass is 10.1. The average Bonchev–Trinajstić information content (AvgIpc) is 3.44. The molecule has 0 radical (unpaired) electrons. The lowest BCUT2D eigenvalue weighted by molar-refractivity contribution is 0.102. The Kier molecular flexibility index (Phi) is 5.66. The fourth-order valence-electron chi connectivity index (χ4n) is 3.23. The van der Waals surface area contributed by atoms with Crippen molar-refractivity contribution in [2.75, 3.05) is 5.32 Å². The minimum Gasteiger partial charge on any atom is -0.335 e. The number of carbonyl (C=O) groups is 1. The molecule has 0 aliphatic rings. The molecule has 0 spiro atoms. The number of nitrogens with one attached hydrogen (secondary N) is 1. The summed E-state index contributed by atoms with van der Waals surface area (Å²) in [5.41, 5.74) is 4.08. The molecule has 0 aliphatic carbocycles. The smallest absolute Gasteiger partial charge is 0.259 e. The van der Waals surface area contributed by atoms with Crippen LogP contribution in [-0.2, 0) is 5.75 Å². The zero-order valence-corrected chi connectivity index (χ0v) is 18.6. The van der Waals surface area contributed by atoms with Crippen LogP contribution in [0.2, 0.25) is 0 Å². The van der Waals surface area contributed by atoms with Gasteiger partial charge in [0, 0.05) is 11.3 Å². The summed E-state index contributed by atoms with van der Waals surface area (Å²) in [5.74, 6) is 0.478. The molecule has 0 saturated heterocycles. The third kappa shape index (κ3) is 4.25. The summed E-state index contributed by atoms with van der Waals surface area (Å²) in [6.07, 6.45) is 0. The second-order valence-electron chi connectivity index (χ2n) is 6.97. The number of rotatable bonds is 6. The van der Waals surface area contributed by atoms with E-state index in [0.29, 0.717) is 33.2 Å². The maximum absolute atomic E-state index is 13.2. The van der Waals surface area contributed by atoms with Gasteiger partial charge in [0.15, 0.2) is 4.34 Å². The molecule has 5 aromatic rings. The van der Waals surface area contributed by atoms with E-state index in [-0.39, 0.29) is 5.91 Å². The highest BCUT2D eigenvalue weighted by Crippen LogP contribution is 2.30. The van der Waals surface area contributed by atoms with Crippen molar-refractivity contribution in [2.45, 2.75) is 17.0 Å². The first-order chi connectivity index (χ1) is 15.7. The molecule has 2 aromatic carbocycles. The topological polar surface area (TPSA) is 93.8 Å². The Balaban J connectivity index is 1.39. The highest BCUT2D eigenvalue weighted by Gasteiger charge is 2.20. The van der Waals surface area contributed by atoms with Crippen LogP contribution in [0.1, 0.15) is 21.6 Å². The number of amides is 1. The Bertz CT molecular complexity index is 1380. The molecule has 0 saturated carbocycles. The van der Waals surface area contributed by atoms with Crippen LogP contribution in [0.25, 0.3) is 22.4 Å². The van der Waals surface area contributed by atoms with Gasteiger partial charge >= 0.3 is 0 Å². The molecule has 0 fully saturated rings. The molecule has 3 heterocycles. The minimum absolute atomic E-state index is 0.309. The van der Waals surface area contributed by atoms with Crippen LogP contribution in [0.4, 0.5) is 5.13 Å². The van der Waals surface area contributed by atoms with Crippen molar-refractivity contribution in [3.8, 4) is 11.3 Å². The number of hydrogen-bond donors (Lipinski definition) is 1. The van der Waals surface area contributed by atoms with Crippen molar-refractivity contribution in [2.24, 2.45) is 0 Å². The molecular formula is C23H17N5O2S2. The second-order valence-corrected chi connectivity index (χ2v) is 9.17. The van der Waals surface area contributed by atoms with E-state index in [2.05, 4.69) is 37.8 Å². The SMILES string of the molecule is Cc1noc2nc(-c3ccccc3)cc(C(=O)Nc3nnc(SCc4ccccc4)s3)c12. The van der Waals surface area contributed by atoms with Crippen LogP contribution >= 0.6 is 23.1 Å². The Morgan fingerprint density at radius 3 is 2.59 bits per heavy atom. The van der Waals surface area contributed by atoms with Gasteiger partial charge in [0.2, 0.25) is 5.13 Å². The standard InChI is InChI=1S/C23H17N5O2S2/c1-14-19-17(12-18(24-21(19)30-28-14)16-10-6-3-7-11-16)20(29)25-22-26-27-23(32-22)31-13-15-8-4-2-5-9-15/h2-12H,13H2,1H3,(H,25,26,29). The first-order valence-corrected chi connectivity index (χ1v) is 11.6. The Morgan fingerprint density at radius 1 is 1.06 bits per heavy atom. The maximum atomic E-state index is 13.2. The molecule has 0 aliphatic heterocycles. The maximum Gasteiger partial charge on any atom is 0.259 e. The van der Waals surface area contributed by atoms with E-state index >= 15 is 0 Å². The van der Waals surface area contributed by atoms with Crippen LogP contribution < -0.4 is 5.32 Å². The Hall–Kier alpha value is -3.56. The van der Waals surface area contributed by atoms with Gasteiger partial charge in [-0.2, -0.15) is 0 Å². The number of anilines is 1. The van der Waals surface area contributed by atoms with Gasteiger partial charge in [-0.15, -0.1) is 10.2 Å². The van der Waals surface area contributed by atoms with Crippen molar-refractivity contribution in [1.82, 2.24) is 20.3 Å². The zero-order chi connectivity index (χ0) is 21.9. The molecule has 1 amide bonds. The third-order valence-electron chi connectivity index (χ3n) is 4.76. The lowest BCUT2D eigenvalue weighted by Gasteiger charge is -2.06. The molecule has 158 valence electrons. The van der Waals surface area contributed by atoms with Gasteiger partial charge in [-0.1, -0.05) is 88.9 Å². The Labute approximate surface area is 191 Å². The third-order valence-corrected chi connectivity index (χ3v) is 6.81. The summed E-state index contributed by atoms with van der Waals surface area (Å²) in [7, 11) is 0. The van der Waals surface area contributed by atoms with Crippen molar-refractivity contribution in [3.05, 3.63) is 83.6 Å². The van der Waals surface area contributed by atoms with E-state index in [0.717, 1.165) is 15.7 Å². The van der Waals surface area contributed by atoms with Crippen molar-refractivity contribution >= 4 is 45.2 Å². The van der Waals surface area contributed by atoms with E-state index in [1.807, 2.05) is 48.5 Å². The lowest BCUT2D eigenvalue weighted by Crippen LogP contribution is -2.13. The van der Waals surface area contributed by atoms with Gasteiger partial charge in [0.05, 0.1) is 22.3 Å². The molecule has 7 nitrogen and oxygen atoms in total.